The maximum Gasteiger partial charge on any atom is 0.184 e. The van der Waals surface area contributed by atoms with Crippen molar-refractivity contribution in [2.24, 2.45) is 0 Å². The van der Waals surface area contributed by atoms with Gasteiger partial charge in [-0.05, 0) is 18.2 Å². The molecule has 0 unspecified atom stereocenters. The Kier molecular flexibility index (Phi) is 3.12. The van der Waals surface area contributed by atoms with Crippen LogP contribution in [0.15, 0.2) is 29.8 Å². The fraction of sp³-hybridized carbons (Fsp3) is 0.167. The molecular weight excluding hydrogens is 266 g/mol. The minimum absolute atomic E-state index is 0.717. The van der Waals surface area contributed by atoms with Gasteiger partial charge in [0.1, 0.15) is 10.8 Å². The van der Waals surface area contributed by atoms with Crippen LogP contribution < -0.4 is 10.1 Å². The molecule has 0 saturated carbocycles. The van der Waals surface area contributed by atoms with Crippen molar-refractivity contribution in [3.8, 4) is 5.75 Å². The molecule has 0 spiro atoms. The third-order valence-electron chi connectivity index (χ3n) is 2.47. The highest BCUT2D eigenvalue weighted by atomic mass is 32.1. The van der Waals surface area contributed by atoms with Crippen molar-refractivity contribution in [1.29, 1.82) is 0 Å². The number of nitrogens with zero attached hydrogens (tertiary/aromatic N) is 2. The van der Waals surface area contributed by atoms with E-state index in [4.69, 9.17) is 4.74 Å². The zero-order chi connectivity index (χ0) is 12.4. The molecule has 2 heterocycles. The second-order valence-corrected chi connectivity index (χ2v) is 5.64. The number of thiazole rings is 2. The Balaban J connectivity index is 1.80. The predicted octanol–water partition coefficient (Wildman–Crippen LogP) is 3.37. The van der Waals surface area contributed by atoms with Crippen molar-refractivity contribution < 1.29 is 4.74 Å². The summed E-state index contributed by atoms with van der Waals surface area (Å²) in [6.45, 7) is 0.717. The molecule has 1 N–H and O–H groups in total. The molecular formula is C12H11N3OS2. The lowest BCUT2D eigenvalue weighted by Crippen LogP contribution is -1.97. The van der Waals surface area contributed by atoms with E-state index in [0.717, 1.165) is 26.1 Å². The highest BCUT2D eigenvalue weighted by Gasteiger charge is 2.05. The number of ether oxygens (including phenoxy) is 1. The maximum absolute atomic E-state index is 5.20. The molecule has 92 valence electrons. The molecule has 0 amide bonds. The first-order valence-corrected chi connectivity index (χ1v) is 7.11. The van der Waals surface area contributed by atoms with Crippen LogP contribution in [0.4, 0.5) is 5.13 Å². The highest BCUT2D eigenvalue weighted by Crippen LogP contribution is 2.29. The largest absolute Gasteiger partial charge is 0.497 e. The van der Waals surface area contributed by atoms with E-state index in [9.17, 15) is 0 Å². The molecule has 0 atom stereocenters. The van der Waals surface area contributed by atoms with E-state index in [2.05, 4.69) is 15.3 Å². The number of fused-ring (bicyclic) bond motifs is 1. The van der Waals surface area contributed by atoms with Crippen LogP contribution in [0.5, 0.6) is 5.75 Å². The van der Waals surface area contributed by atoms with Crippen molar-refractivity contribution in [3.63, 3.8) is 0 Å². The quantitative estimate of drug-likeness (QED) is 0.794. The van der Waals surface area contributed by atoms with E-state index < -0.39 is 0 Å². The summed E-state index contributed by atoms with van der Waals surface area (Å²) in [5.41, 5.74) is 0.988. The molecule has 2 aromatic heterocycles. The number of methoxy groups -OCH3 is 1. The van der Waals surface area contributed by atoms with E-state index in [1.165, 1.54) is 0 Å². The third kappa shape index (κ3) is 2.30. The average molecular weight is 277 g/mol. The number of nitrogens with one attached hydrogen (secondary N) is 1. The first kappa shape index (κ1) is 11.4. The van der Waals surface area contributed by atoms with Crippen molar-refractivity contribution in [2.75, 3.05) is 12.4 Å². The summed E-state index contributed by atoms with van der Waals surface area (Å²) < 4.78 is 6.32. The van der Waals surface area contributed by atoms with Crippen LogP contribution in [0, 0.1) is 0 Å². The molecule has 6 heteroatoms. The van der Waals surface area contributed by atoms with Crippen molar-refractivity contribution in [2.45, 2.75) is 6.54 Å². The van der Waals surface area contributed by atoms with Gasteiger partial charge in [-0.15, -0.1) is 11.3 Å². The summed E-state index contributed by atoms with van der Waals surface area (Å²) in [6, 6.07) is 5.90. The number of hydrogen-bond acceptors (Lipinski definition) is 6. The van der Waals surface area contributed by atoms with Gasteiger partial charge < -0.3 is 10.1 Å². The fourth-order valence-corrected chi connectivity index (χ4v) is 3.05. The average Bonchev–Trinajstić information content (AvgIpc) is 3.04. The summed E-state index contributed by atoms with van der Waals surface area (Å²) in [6.07, 6.45) is 1.81. The van der Waals surface area contributed by atoms with Gasteiger partial charge in [0.2, 0.25) is 0 Å². The molecule has 4 nitrogen and oxygen atoms in total. The summed E-state index contributed by atoms with van der Waals surface area (Å²) in [5, 5.41) is 7.23. The van der Waals surface area contributed by atoms with Gasteiger partial charge in [-0.2, -0.15) is 0 Å². The summed E-state index contributed by atoms with van der Waals surface area (Å²) in [5.74, 6) is 0.859. The number of anilines is 1. The van der Waals surface area contributed by atoms with Crippen LogP contribution in [-0.4, -0.2) is 17.1 Å². The van der Waals surface area contributed by atoms with Crippen LogP contribution in [0.2, 0.25) is 0 Å². The zero-order valence-electron chi connectivity index (χ0n) is 9.71. The number of aromatic nitrogens is 2. The van der Waals surface area contributed by atoms with Gasteiger partial charge in [-0.1, -0.05) is 11.3 Å². The van der Waals surface area contributed by atoms with Gasteiger partial charge in [0.05, 0.1) is 23.9 Å². The lowest BCUT2D eigenvalue weighted by molar-refractivity contribution is 0.415. The van der Waals surface area contributed by atoms with E-state index in [1.54, 1.807) is 29.8 Å². The van der Waals surface area contributed by atoms with Crippen molar-refractivity contribution in [3.05, 3.63) is 34.8 Å². The lowest BCUT2D eigenvalue weighted by atomic mass is 10.3. The van der Waals surface area contributed by atoms with E-state index in [-0.39, 0.29) is 0 Å². The minimum Gasteiger partial charge on any atom is -0.497 e. The molecule has 0 saturated heterocycles. The van der Waals surface area contributed by atoms with Crippen molar-refractivity contribution in [1.82, 2.24) is 9.97 Å². The molecule has 3 aromatic rings. The van der Waals surface area contributed by atoms with Gasteiger partial charge in [0.25, 0.3) is 0 Å². The molecule has 18 heavy (non-hydrogen) atoms. The Hall–Kier alpha value is -1.66. The van der Waals surface area contributed by atoms with Crippen LogP contribution in [0.1, 0.15) is 5.01 Å². The first-order chi connectivity index (χ1) is 8.85. The molecule has 0 aliphatic carbocycles. The SMILES string of the molecule is COc1ccc2nc(NCc3nccs3)sc2c1. The van der Waals surface area contributed by atoms with Gasteiger partial charge in [0, 0.05) is 11.6 Å². The summed E-state index contributed by atoms with van der Waals surface area (Å²) in [7, 11) is 1.67. The standard InChI is InChI=1S/C12H11N3OS2/c1-16-8-2-3-9-10(6-8)18-12(15-9)14-7-11-13-4-5-17-11/h2-6H,7H2,1H3,(H,14,15). The number of rotatable bonds is 4. The Morgan fingerprint density at radius 1 is 1.39 bits per heavy atom. The van der Waals surface area contributed by atoms with Gasteiger partial charge in [-0.25, -0.2) is 9.97 Å². The molecule has 1 aromatic carbocycles. The molecule has 0 bridgehead atoms. The van der Waals surface area contributed by atoms with Crippen LogP contribution in [0.25, 0.3) is 10.2 Å². The highest BCUT2D eigenvalue weighted by molar-refractivity contribution is 7.22. The second kappa shape index (κ2) is 4.91. The Bertz CT molecular complexity index is 648. The zero-order valence-corrected chi connectivity index (χ0v) is 11.3. The van der Waals surface area contributed by atoms with Gasteiger partial charge >= 0.3 is 0 Å². The summed E-state index contributed by atoms with van der Waals surface area (Å²) in [4.78, 5) is 8.74. The number of benzene rings is 1. The summed E-state index contributed by atoms with van der Waals surface area (Å²) >= 11 is 3.26. The fourth-order valence-electron chi connectivity index (χ4n) is 1.60. The normalized spacial score (nSPS) is 10.7. The topological polar surface area (TPSA) is 47.0 Å². The smallest absolute Gasteiger partial charge is 0.184 e. The van der Waals surface area contributed by atoms with E-state index in [0.29, 0.717) is 6.54 Å². The third-order valence-corrected chi connectivity index (χ3v) is 4.23. The molecule has 0 aliphatic heterocycles. The molecule has 0 fully saturated rings. The Morgan fingerprint density at radius 2 is 2.33 bits per heavy atom. The Morgan fingerprint density at radius 3 is 3.11 bits per heavy atom. The van der Waals surface area contributed by atoms with Crippen LogP contribution in [0.3, 0.4) is 0 Å². The van der Waals surface area contributed by atoms with Gasteiger partial charge in [0.15, 0.2) is 5.13 Å². The van der Waals surface area contributed by atoms with E-state index >= 15 is 0 Å². The monoisotopic (exact) mass is 277 g/mol. The van der Waals surface area contributed by atoms with Crippen molar-refractivity contribution >= 4 is 38.0 Å². The second-order valence-electron chi connectivity index (χ2n) is 3.63. The first-order valence-electron chi connectivity index (χ1n) is 5.42. The minimum atomic E-state index is 0.717. The lowest BCUT2D eigenvalue weighted by Gasteiger charge is -1.96. The predicted molar refractivity (Wildman–Crippen MR) is 75.6 cm³/mol. The van der Waals surface area contributed by atoms with Gasteiger partial charge in [-0.3, -0.25) is 0 Å². The molecule has 0 radical (unpaired) electrons. The Labute approximate surface area is 112 Å². The molecule has 3 rings (SSSR count). The van der Waals surface area contributed by atoms with Crippen LogP contribution >= 0.6 is 22.7 Å². The van der Waals surface area contributed by atoms with Crippen LogP contribution in [-0.2, 0) is 6.54 Å². The van der Waals surface area contributed by atoms with E-state index in [1.807, 2.05) is 29.8 Å². The molecule has 0 aliphatic rings. The number of hydrogen-bond donors (Lipinski definition) is 1. The maximum atomic E-state index is 5.20.